The van der Waals surface area contributed by atoms with Crippen molar-refractivity contribution in [2.75, 3.05) is 44.9 Å². The molecule has 0 radical (unpaired) electrons. The molecule has 0 fully saturated rings. The Hall–Kier alpha value is -1.17. The molecule has 1 aromatic rings. The van der Waals surface area contributed by atoms with Gasteiger partial charge in [-0.25, -0.2) is 4.39 Å². The molecule has 21 heavy (non-hydrogen) atoms. The molecule has 120 valence electrons. The Morgan fingerprint density at radius 1 is 1.38 bits per heavy atom. The van der Waals surface area contributed by atoms with Crippen LogP contribution >= 0.6 is 0 Å². The van der Waals surface area contributed by atoms with Crippen LogP contribution in [0.5, 0.6) is 0 Å². The SMILES string of the molecule is CCCNC(C)c1ccc(N(CCO)CCOC)c(F)c1. The molecule has 1 aromatic carbocycles. The summed E-state index contributed by atoms with van der Waals surface area (Å²) in [6.07, 6.45) is 1.05. The first-order valence-corrected chi connectivity index (χ1v) is 7.51. The maximum atomic E-state index is 14.3. The quantitative estimate of drug-likeness (QED) is 0.696. The lowest BCUT2D eigenvalue weighted by atomic mass is 10.1. The number of aliphatic hydroxyl groups excluding tert-OH is 1. The lowest BCUT2D eigenvalue weighted by Crippen LogP contribution is -2.31. The van der Waals surface area contributed by atoms with Crippen molar-refractivity contribution in [3.8, 4) is 0 Å². The molecule has 2 N–H and O–H groups in total. The third-order valence-corrected chi connectivity index (χ3v) is 3.45. The molecular weight excluding hydrogens is 271 g/mol. The topological polar surface area (TPSA) is 44.7 Å². The van der Waals surface area contributed by atoms with Crippen LogP contribution in [0, 0.1) is 5.82 Å². The van der Waals surface area contributed by atoms with Crippen LogP contribution in [-0.4, -0.2) is 45.1 Å². The summed E-state index contributed by atoms with van der Waals surface area (Å²) >= 11 is 0. The van der Waals surface area contributed by atoms with E-state index in [1.807, 2.05) is 13.0 Å². The number of rotatable bonds is 10. The van der Waals surface area contributed by atoms with E-state index in [-0.39, 0.29) is 18.5 Å². The molecule has 0 spiro atoms. The van der Waals surface area contributed by atoms with Gasteiger partial charge < -0.3 is 20.1 Å². The summed E-state index contributed by atoms with van der Waals surface area (Å²) in [7, 11) is 1.61. The fraction of sp³-hybridized carbons (Fsp3) is 0.625. The van der Waals surface area contributed by atoms with Crippen LogP contribution in [0.15, 0.2) is 18.2 Å². The average Bonchev–Trinajstić information content (AvgIpc) is 2.49. The largest absolute Gasteiger partial charge is 0.395 e. The number of hydrogen-bond donors (Lipinski definition) is 2. The second kappa shape index (κ2) is 9.71. The van der Waals surface area contributed by atoms with E-state index in [2.05, 4.69) is 12.2 Å². The van der Waals surface area contributed by atoms with Gasteiger partial charge in [-0.05, 0) is 37.6 Å². The molecule has 0 amide bonds. The van der Waals surface area contributed by atoms with Gasteiger partial charge in [0, 0.05) is 26.2 Å². The fourth-order valence-corrected chi connectivity index (χ4v) is 2.20. The minimum atomic E-state index is -0.262. The highest BCUT2D eigenvalue weighted by atomic mass is 19.1. The molecule has 0 bridgehead atoms. The molecule has 0 saturated heterocycles. The molecule has 1 unspecified atom stereocenters. The van der Waals surface area contributed by atoms with Crippen molar-refractivity contribution in [1.29, 1.82) is 0 Å². The highest BCUT2D eigenvalue weighted by molar-refractivity contribution is 5.49. The number of halogens is 1. The minimum Gasteiger partial charge on any atom is -0.395 e. The van der Waals surface area contributed by atoms with Crippen molar-refractivity contribution < 1.29 is 14.2 Å². The normalized spacial score (nSPS) is 12.4. The molecule has 0 aromatic heterocycles. The van der Waals surface area contributed by atoms with E-state index in [0.29, 0.717) is 25.4 Å². The summed E-state index contributed by atoms with van der Waals surface area (Å²) < 4.78 is 19.4. The van der Waals surface area contributed by atoms with E-state index in [0.717, 1.165) is 18.5 Å². The third-order valence-electron chi connectivity index (χ3n) is 3.45. The van der Waals surface area contributed by atoms with Crippen molar-refractivity contribution in [3.05, 3.63) is 29.6 Å². The van der Waals surface area contributed by atoms with Gasteiger partial charge in [0.1, 0.15) is 5.82 Å². The zero-order chi connectivity index (χ0) is 15.7. The molecule has 4 nitrogen and oxygen atoms in total. The Morgan fingerprint density at radius 3 is 2.71 bits per heavy atom. The van der Waals surface area contributed by atoms with Gasteiger partial charge in [0.25, 0.3) is 0 Å². The molecular formula is C16H27FN2O2. The summed E-state index contributed by atoms with van der Waals surface area (Å²) in [6.45, 7) is 6.47. The summed E-state index contributed by atoms with van der Waals surface area (Å²) in [6, 6.07) is 5.40. The van der Waals surface area contributed by atoms with Gasteiger partial charge in [-0.2, -0.15) is 0 Å². The fourth-order valence-electron chi connectivity index (χ4n) is 2.20. The maximum Gasteiger partial charge on any atom is 0.146 e. The van der Waals surface area contributed by atoms with Crippen LogP contribution in [0.25, 0.3) is 0 Å². The molecule has 0 aliphatic carbocycles. The van der Waals surface area contributed by atoms with E-state index in [9.17, 15) is 4.39 Å². The predicted octanol–water partition coefficient (Wildman–Crippen LogP) is 2.33. The van der Waals surface area contributed by atoms with Crippen molar-refractivity contribution in [2.45, 2.75) is 26.3 Å². The van der Waals surface area contributed by atoms with E-state index in [4.69, 9.17) is 9.84 Å². The maximum absolute atomic E-state index is 14.3. The number of ether oxygens (including phenoxy) is 1. The highest BCUT2D eigenvalue weighted by Crippen LogP contribution is 2.23. The highest BCUT2D eigenvalue weighted by Gasteiger charge is 2.13. The van der Waals surface area contributed by atoms with Crippen molar-refractivity contribution in [2.24, 2.45) is 0 Å². The molecule has 1 rings (SSSR count). The Bertz CT molecular complexity index is 415. The first-order chi connectivity index (χ1) is 10.1. The van der Waals surface area contributed by atoms with Crippen molar-refractivity contribution in [3.63, 3.8) is 0 Å². The van der Waals surface area contributed by atoms with E-state index >= 15 is 0 Å². The number of anilines is 1. The number of nitrogens with one attached hydrogen (secondary N) is 1. The predicted molar refractivity (Wildman–Crippen MR) is 84.3 cm³/mol. The Morgan fingerprint density at radius 2 is 2.14 bits per heavy atom. The Balaban J connectivity index is 2.83. The molecule has 0 saturated carbocycles. The van der Waals surface area contributed by atoms with Crippen LogP contribution in [0.1, 0.15) is 31.9 Å². The first kappa shape index (κ1) is 17.9. The van der Waals surface area contributed by atoms with E-state index in [1.165, 1.54) is 0 Å². The minimum absolute atomic E-state index is 0.0145. The lowest BCUT2D eigenvalue weighted by Gasteiger charge is -2.25. The Labute approximate surface area is 126 Å². The van der Waals surface area contributed by atoms with Gasteiger partial charge >= 0.3 is 0 Å². The van der Waals surface area contributed by atoms with E-state index < -0.39 is 0 Å². The first-order valence-electron chi connectivity index (χ1n) is 7.51. The number of nitrogens with zero attached hydrogens (tertiary/aromatic N) is 1. The number of benzene rings is 1. The monoisotopic (exact) mass is 298 g/mol. The van der Waals surface area contributed by atoms with E-state index in [1.54, 1.807) is 24.1 Å². The molecule has 0 aliphatic rings. The van der Waals surface area contributed by atoms with Gasteiger partial charge in [0.05, 0.1) is 18.9 Å². The van der Waals surface area contributed by atoms with Crippen LogP contribution in [0.4, 0.5) is 10.1 Å². The van der Waals surface area contributed by atoms with Crippen LogP contribution in [0.3, 0.4) is 0 Å². The molecule has 0 aliphatic heterocycles. The zero-order valence-corrected chi connectivity index (χ0v) is 13.2. The summed E-state index contributed by atoms with van der Waals surface area (Å²) in [5.74, 6) is -0.262. The standard InChI is InChI=1S/C16H27FN2O2/c1-4-7-18-13(2)14-5-6-16(15(17)12-14)19(8-10-20)9-11-21-3/h5-6,12-13,18,20H,4,7-11H2,1-3H3. The van der Waals surface area contributed by atoms with Crippen molar-refractivity contribution >= 4 is 5.69 Å². The number of hydrogen-bond acceptors (Lipinski definition) is 4. The van der Waals surface area contributed by atoms with Crippen molar-refractivity contribution in [1.82, 2.24) is 5.32 Å². The molecule has 1 atom stereocenters. The third kappa shape index (κ3) is 5.61. The van der Waals surface area contributed by atoms with Crippen LogP contribution in [-0.2, 0) is 4.74 Å². The Kier molecular flexibility index (Phi) is 8.27. The van der Waals surface area contributed by atoms with Gasteiger partial charge in [-0.3, -0.25) is 0 Å². The molecule has 0 heterocycles. The van der Waals surface area contributed by atoms with Gasteiger partial charge in [-0.15, -0.1) is 0 Å². The summed E-state index contributed by atoms with van der Waals surface area (Å²) in [5, 5.41) is 12.5. The van der Waals surface area contributed by atoms with Gasteiger partial charge in [0.15, 0.2) is 0 Å². The van der Waals surface area contributed by atoms with Gasteiger partial charge in [-0.1, -0.05) is 13.0 Å². The molecule has 5 heteroatoms. The smallest absolute Gasteiger partial charge is 0.146 e. The second-order valence-electron chi connectivity index (χ2n) is 5.09. The lowest BCUT2D eigenvalue weighted by molar-refractivity contribution is 0.202. The number of aliphatic hydroxyl groups is 1. The van der Waals surface area contributed by atoms with Crippen LogP contribution in [0.2, 0.25) is 0 Å². The zero-order valence-electron chi connectivity index (χ0n) is 13.2. The summed E-state index contributed by atoms with van der Waals surface area (Å²) in [5.41, 5.74) is 1.44. The van der Waals surface area contributed by atoms with Crippen LogP contribution < -0.4 is 10.2 Å². The second-order valence-corrected chi connectivity index (χ2v) is 5.09. The number of methoxy groups -OCH3 is 1. The van der Waals surface area contributed by atoms with Gasteiger partial charge in [0.2, 0.25) is 0 Å². The average molecular weight is 298 g/mol. The summed E-state index contributed by atoms with van der Waals surface area (Å²) in [4.78, 5) is 1.80.